The first kappa shape index (κ1) is 17.3. The van der Waals surface area contributed by atoms with Gasteiger partial charge in [0.25, 0.3) is 0 Å². The summed E-state index contributed by atoms with van der Waals surface area (Å²) in [6.45, 7) is 12.1. The lowest BCUT2D eigenvalue weighted by Gasteiger charge is -2.17. The second-order valence-electron chi connectivity index (χ2n) is 7.01. The Morgan fingerprint density at radius 1 is 1.17 bits per heavy atom. The van der Waals surface area contributed by atoms with E-state index in [0.29, 0.717) is 0 Å². The largest absolute Gasteiger partial charge is 0.329 e. The highest BCUT2D eigenvalue weighted by molar-refractivity contribution is 7.16. The zero-order valence-electron chi connectivity index (χ0n) is 15.3. The summed E-state index contributed by atoms with van der Waals surface area (Å²) in [7, 11) is 0. The molecule has 0 saturated heterocycles. The van der Waals surface area contributed by atoms with Crippen molar-refractivity contribution in [3.05, 3.63) is 58.5 Å². The zero-order chi connectivity index (χ0) is 17.1. The van der Waals surface area contributed by atoms with E-state index in [2.05, 4.69) is 62.6 Å². The van der Waals surface area contributed by atoms with E-state index < -0.39 is 0 Å². The molecule has 24 heavy (non-hydrogen) atoms. The van der Waals surface area contributed by atoms with E-state index in [9.17, 15) is 0 Å². The van der Waals surface area contributed by atoms with Crippen LogP contribution in [0.25, 0.3) is 5.70 Å². The molecule has 128 valence electrons. The Hall–Kier alpha value is -1.54. The predicted molar refractivity (Wildman–Crippen MR) is 108 cm³/mol. The van der Waals surface area contributed by atoms with E-state index in [-0.39, 0.29) is 0 Å². The number of fused-ring (bicyclic) bond motifs is 1. The Kier molecular flexibility index (Phi) is 5.45. The Labute approximate surface area is 151 Å². The van der Waals surface area contributed by atoms with Gasteiger partial charge in [-0.3, -0.25) is 0 Å². The second kappa shape index (κ2) is 7.57. The topological polar surface area (TPSA) is 3.24 Å². The SMILES string of the molecule is C=C1c2cc(CCC(CC)CCC)ccc2CN1c1ccc(C)s1. The molecule has 1 aromatic heterocycles. The van der Waals surface area contributed by atoms with Crippen LogP contribution >= 0.6 is 11.3 Å². The summed E-state index contributed by atoms with van der Waals surface area (Å²) >= 11 is 1.85. The molecule has 1 aromatic carbocycles. The van der Waals surface area contributed by atoms with Crippen LogP contribution in [0.1, 0.15) is 61.1 Å². The number of hydrogen-bond donors (Lipinski definition) is 0. The predicted octanol–water partition coefficient (Wildman–Crippen LogP) is 6.81. The molecule has 0 fully saturated rings. The van der Waals surface area contributed by atoms with Crippen LogP contribution in [0, 0.1) is 12.8 Å². The minimum atomic E-state index is 0.872. The fourth-order valence-electron chi connectivity index (χ4n) is 3.71. The molecule has 3 rings (SSSR count). The van der Waals surface area contributed by atoms with Gasteiger partial charge in [-0.05, 0) is 55.0 Å². The monoisotopic (exact) mass is 339 g/mol. The van der Waals surface area contributed by atoms with Crippen molar-refractivity contribution < 1.29 is 0 Å². The molecular weight excluding hydrogens is 310 g/mol. The second-order valence-corrected chi connectivity index (χ2v) is 8.28. The van der Waals surface area contributed by atoms with Gasteiger partial charge in [0.2, 0.25) is 0 Å². The van der Waals surface area contributed by atoms with Gasteiger partial charge in [-0.15, -0.1) is 11.3 Å². The van der Waals surface area contributed by atoms with E-state index in [4.69, 9.17) is 0 Å². The zero-order valence-corrected chi connectivity index (χ0v) is 16.1. The minimum Gasteiger partial charge on any atom is -0.329 e. The van der Waals surface area contributed by atoms with E-state index in [1.165, 1.54) is 58.7 Å². The Morgan fingerprint density at radius 2 is 2.00 bits per heavy atom. The van der Waals surface area contributed by atoms with Gasteiger partial charge in [0.1, 0.15) is 0 Å². The van der Waals surface area contributed by atoms with Crippen molar-refractivity contribution in [1.29, 1.82) is 0 Å². The molecular formula is C22H29NS. The van der Waals surface area contributed by atoms with Crippen LogP contribution in [0.15, 0.2) is 36.9 Å². The molecule has 1 aliphatic rings. The number of anilines is 1. The highest BCUT2D eigenvalue weighted by atomic mass is 32.1. The van der Waals surface area contributed by atoms with Crippen molar-refractivity contribution in [3.8, 4) is 0 Å². The van der Waals surface area contributed by atoms with Crippen molar-refractivity contribution in [2.75, 3.05) is 4.90 Å². The van der Waals surface area contributed by atoms with Crippen LogP contribution in [0.3, 0.4) is 0 Å². The molecule has 1 atom stereocenters. The molecule has 1 aliphatic heterocycles. The molecule has 0 N–H and O–H groups in total. The number of rotatable bonds is 7. The molecule has 0 saturated carbocycles. The maximum Gasteiger partial charge on any atom is 0.0958 e. The van der Waals surface area contributed by atoms with Gasteiger partial charge >= 0.3 is 0 Å². The molecule has 0 bridgehead atoms. The van der Waals surface area contributed by atoms with Crippen molar-refractivity contribution in [2.24, 2.45) is 5.92 Å². The fraction of sp³-hybridized carbons (Fsp3) is 0.455. The molecule has 0 spiro atoms. The van der Waals surface area contributed by atoms with Gasteiger partial charge in [0, 0.05) is 22.7 Å². The first-order chi connectivity index (χ1) is 11.6. The lowest BCUT2D eigenvalue weighted by atomic mass is 9.92. The number of aryl methyl sites for hydroxylation is 2. The molecule has 2 aromatic rings. The summed E-state index contributed by atoms with van der Waals surface area (Å²) in [6.07, 6.45) is 6.46. The molecule has 1 unspecified atom stereocenters. The summed E-state index contributed by atoms with van der Waals surface area (Å²) in [5.74, 6) is 0.872. The highest BCUT2D eigenvalue weighted by Gasteiger charge is 2.24. The average molecular weight is 340 g/mol. The van der Waals surface area contributed by atoms with Gasteiger partial charge < -0.3 is 4.90 Å². The third kappa shape index (κ3) is 3.59. The molecule has 1 nitrogen and oxygen atoms in total. The number of benzene rings is 1. The minimum absolute atomic E-state index is 0.872. The van der Waals surface area contributed by atoms with Gasteiger partial charge in [-0.1, -0.05) is 51.8 Å². The smallest absolute Gasteiger partial charge is 0.0958 e. The first-order valence-electron chi connectivity index (χ1n) is 9.27. The Balaban J connectivity index is 1.72. The standard InChI is InChI=1S/C22H29NS/c1-5-7-18(6-2)9-10-19-11-12-20-15-23(17(4)21(20)14-19)22-13-8-16(3)24-22/h8,11-14,18H,4-7,9-10,15H2,1-3H3. The maximum absolute atomic E-state index is 4.38. The van der Waals surface area contributed by atoms with Crippen LogP contribution in [0.2, 0.25) is 0 Å². The Bertz CT molecular complexity index is 713. The summed E-state index contributed by atoms with van der Waals surface area (Å²) in [6, 6.07) is 11.4. The Morgan fingerprint density at radius 3 is 2.67 bits per heavy atom. The first-order valence-corrected chi connectivity index (χ1v) is 10.1. The van der Waals surface area contributed by atoms with Crippen LogP contribution < -0.4 is 4.90 Å². The average Bonchev–Trinajstić information content (AvgIpc) is 3.15. The van der Waals surface area contributed by atoms with Gasteiger partial charge in [0.05, 0.1) is 5.00 Å². The lowest BCUT2D eigenvalue weighted by Crippen LogP contribution is -2.11. The lowest BCUT2D eigenvalue weighted by molar-refractivity contribution is 0.432. The van der Waals surface area contributed by atoms with E-state index in [1.807, 2.05) is 11.3 Å². The van der Waals surface area contributed by atoms with Gasteiger partial charge in [-0.2, -0.15) is 0 Å². The van der Waals surface area contributed by atoms with E-state index >= 15 is 0 Å². The number of nitrogens with zero attached hydrogens (tertiary/aromatic N) is 1. The summed E-state index contributed by atoms with van der Waals surface area (Å²) in [5.41, 5.74) is 5.39. The van der Waals surface area contributed by atoms with Crippen molar-refractivity contribution >= 4 is 22.0 Å². The molecule has 2 heteroatoms. The van der Waals surface area contributed by atoms with Crippen molar-refractivity contribution in [3.63, 3.8) is 0 Å². The highest BCUT2D eigenvalue weighted by Crippen LogP contribution is 2.39. The molecule has 2 heterocycles. The van der Waals surface area contributed by atoms with Crippen molar-refractivity contribution in [2.45, 2.75) is 59.4 Å². The van der Waals surface area contributed by atoms with Crippen LogP contribution in [-0.4, -0.2) is 0 Å². The number of hydrogen-bond acceptors (Lipinski definition) is 2. The summed E-state index contributed by atoms with van der Waals surface area (Å²) in [5, 5.41) is 1.31. The number of thiophene rings is 1. The van der Waals surface area contributed by atoms with Gasteiger partial charge in [-0.25, -0.2) is 0 Å². The third-order valence-electron chi connectivity index (χ3n) is 5.25. The summed E-state index contributed by atoms with van der Waals surface area (Å²) in [4.78, 5) is 3.72. The van der Waals surface area contributed by atoms with E-state index in [1.54, 1.807) is 0 Å². The quantitative estimate of drug-likeness (QED) is 0.536. The van der Waals surface area contributed by atoms with Crippen molar-refractivity contribution in [1.82, 2.24) is 0 Å². The fourth-order valence-corrected chi connectivity index (χ4v) is 4.59. The maximum atomic E-state index is 4.38. The normalized spacial score (nSPS) is 15.0. The van der Waals surface area contributed by atoms with E-state index in [0.717, 1.165) is 18.2 Å². The van der Waals surface area contributed by atoms with Crippen LogP contribution in [0.5, 0.6) is 0 Å². The molecule has 0 aliphatic carbocycles. The van der Waals surface area contributed by atoms with Crippen LogP contribution in [0.4, 0.5) is 5.00 Å². The third-order valence-corrected chi connectivity index (χ3v) is 6.27. The molecule has 0 amide bonds. The van der Waals surface area contributed by atoms with Gasteiger partial charge in [0.15, 0.2) is 0 Å². The van der Waals surface area contributed by atoms with Crippen LogP contribution in [-0.2, 0) is 13.0 Å². The summed E-state index contributed by atoms with van der Waals surface area (Å²) < 4.78 is 0. The molecule has 0 radical (unpaired) electrons.